The van der Waals surface area contributed by atoms with Gasteiger partial charge in [0.1, 0.15) is 12.4 Å². The van der Waals surface area contributed by atoms with Gasteiger partial charge in [-0.1, -0.05) is 13.0 Å². The number of aromatic nitrogens is 2. The molecule has 0 bridgehead atoms. The summed E-state index contributed by atoms with van der Waals surface area (Å²) >= 11 is 0. The first kappa shape index (κ1) is 14.0. The second kappa shape index (κ2) is 5.73. The van der Waals surface area contributed by atoms with Crippen LogP contribution in [0, 0.1) is 0 Å². The van der Waals surface area contributed by atoms with Crippen LogP contribution in [-0.4, -0.2) is 33.7 Å². The Labute approximate surface area is 116 Å². The maximum atomic E-state index is 11.5. The Hall–Kier alpha value is -2.37. The molecule has 6 nitrogen and oxygen atoms in total. The number of carboxylic acids is 1. The van der Waals surface area contributed by atoms with E-state index in [1.807, 2.05) is 6.92 Å². The van der Waals surface area contributed by atoms with Gasteiger partial charge in [-0.2, -0.15) is 0 Å². The normalized spacial score (nSPS) is 10.7. The Morgan fingerprint density at radius 1 is 1.40 bits per heavy atom. The van der Waals surface area contributed by atoms with Gasteiger partial charge in [0.05, 0.1) is 23.7 Å². The number of ether oxygens (including phenoxy) is 1. The highest BCUT2D eigenvalue weighted by Gasteiger charge is 2.19. The van der Waals surface area contributed by atoms with Crippen molar-refractivity contribution >= 4 is 23.0 Å². The number of methoxy groups -OCH3 is 1. The summed E-state index contributed by atoms with van der Waals surface area (Å²) in [6.07, 6.45) is 1.53. The first-order valence-corrected chi connectivity index (χ1v) is 6.36. The fourth-order valence-corrected chi connectivity index (χ4v) is 2.18. The highest BCUT2D eigenvalue weighted by molar-refractivity contribution is 6.01. The molecule has 1 aromatic heterocycles. The molecule has 2 aromatic rings. The number of esters is 1. The summed E-state index contributed by atoms with van der Waals surface area (Å²) in [5, 5.41) is 9.28. The van der Waals surface area contributed by atoms with Crippen LogP contribution in [0.3, 0.4) is 0 Å². The van der Waals surface area contributed by atoms with Gasteiger partial charge in [-0.15, -0.1) is 0 Å². The molecule has 0 spiro atoms. The molecule has 0 unspecified atom stereocenters. The van der Waals surface area contributed by atoms with E-state index in [1.54, 1.807) is 16.7 Å². The molecule has 0 saturated heterocycles. The lowest BCUT2D eigenvalue weighted by Crippen LogP contribution is -2.15. The number of carbonyl (C=O) groups is 2. The van der Waals surface area contributed by atoms with E-state index in [4.69, 9.17) is 0 Å². The number of carbonyl (C=O) groups excluding carboxylic acids is 1. The maximum absolute atomic E-state index is 11.5. The number of aryl methyl sites for hydroxylation is 1. The number of hydrogen-bond donors (Lipinski definition) is 1. The minimum atomic E-state index is -1.04. The predicted molar refractivity (Wildman–Crippen MR) is 72.7 cm³/mol. The zero-order valence-corrected chi connectivity index (χ0v) is 11.4. The molecule has 1 heterocycles. The van der Waals surface area contributed by atoms with Crippen molar-refractivity contribution in [2.24, 2.45) is 0 Å². The summed E-state index contributed by atoms with van der Waals surface area (Å²) < 4.78 is 6.30. The molecular formula is C14H16N2O4. The monoisotopic (exact) mass is 276 g/mol. The Kier molecular flexibility index (Phi) is 4.02. The van der Waals surface area contributed by atoms with Gasteiger partial charge >= 0.3 is 11.9 Å². The van der Waals surface area contributed by atoms with Crippen molar-refractivity contribution in [3.63, 3.8) is 0 Å². The second-order valence-corrected chi connectivity index (χ2v) is 4.42. The lowest BCUT2D eigenvalue weighted by atomic mass is 10.2. The average Bonchev–Trinajstić information content (AvgIpc) is 2.76. The Morgan fingerprint density at radius 2 is 2.15 bits per heavy atom. The number of hydrogen-bond acceptors (Lipinski definition) is 4. The minimum Gasteiger partial charge on any atom is -0.478 e. The first-order valence-electron chi connectivity index (χ1n) is 6.36. The van der Waals surface area contributed by atoms with E-state index in [-0.39, 0.29) is 12.1 Å². The highest BCUT2D eigenvalue weighted by Crippen LogP contribution is 2.22. The molecule has 106 valence electrons. The zero-order chi connectivity index (χ0) is 14.7. The Balaban J connectivity index is 2.67. The van der Waals surface area contributed by atoms with Gasteiger partial charge in [-0.25, -0.2) is 9.78 Å². The smallest absolute Gasteiger partial charge is 0.337 e. The highest BCUT2D eigenvalue weighted by atomic mass is 16.5. The van der Waals surface area contributed by atoms with Crippen molar-refractivity contribution in [3.05, 3.63) is 29.6 Å². The van der Waals surface area contributed by atoms with Crippen molar-refractivity contribution in [3.8, 4) is 0 Å². The summed E-state index contributed by atoms with van der Waals surface area (Å²) in [5.74, 6) is -0.770. The van der Waals surface area contributed by atoms with Crippen LogP contribution in [0.1, 0.15) is 29.5 Å². The average molecular weight is 276 g/mol. The van der Waals surface area contributed by atoms with E-state index in [1.165, 1.54) is 13.2 Å². The number of benzene rings is 1. The second-order valence-electron chi connectivity index (χ2n) is 4.42. The van der Waals surface area contributed by atoms with Crippen LogP contribution in [0.15, 0.2) is 18.2 Å². The van der Waals surface area contributed by atoms with E-state index < -0.39 is 11.9 Å². The van der Waals surface area contributed by atoms with Crippen LogP contribution >= 0.6 is 0 Å². The molecule has 0 atom stereocenters. The Bertz CT molecular complexity index is 660. The summed E-state index contributed by atoms with van der Waals surface area (Å²) in [6, 6.07) is 4.90. The molecule has 0 fully saturated rings. The van der Waals surface area contributed by atoms with Crippen LogP contribution in [0.2, 0.25) is 0 Å². The molecular weight excluding hydrogens is 260 g/mol. The number of para-hydroxylation sites is 1. The van der Waals surface area contributed by atoms with Crippen molar-refractivity contribution < 1.29 is 19.4 Å². The molecule has 0 amide bonds. The Morgan fingerprint density at radius 3 is 2.75 bits per heavy atom. The van der Waals surface area contributed by atoms with Crippen molar-refractivity contribution in [2.45, 2.75) is 26.3 Å². The molecule has 0 aliphatic rings. The van der Waals surface area contributed by atoms with Gasteiger partial charge in [0, 0.05) is 6.42 Å². The van der Waals surface area contributed by atoms with Crippen molar-refractivity contribution in [1.82, 2.24) is 9.55 Å². The van der Waals surface area contributed by atoms with E-state index in [0.29, 0.717) is 23.3 Å². The topological polar surface area (TPSA) is 81.4 Å². The van der Waals surface area contributed by atoms with Crippen LogP contribution < -0.4 is 0 Å². The summed E-state index contributed by atoms with van der Waals surface area (Å²) in [6.45, 7) is 1.96. The molecule has 0 saturated carbocycles. The predicted octanol–water partition coefficient (Wildman–Crippen LogP) is 1.86. The number of rotatable bonds is 5. The number of aromatic carboxylic acids is 1. The fourth-order valence-electron chi connectivity index (χ4n) is 2.18. The molecule has 1 N–H and O–H groups in total. The van der Waals surface area contributed by atoms with Crippen LogP contribution in [-0.2, 0) is 22.5 Å². The van der Waals surface area contributed by atoms with Gasteiger partial charge in [0.15, 0.2) is 0 Å². The number of fused-ring (bicyclic) bond motifs is 1. The third-order valence-corrected chi connectivity index (χ3v) is 3.06. The minimum absolute atomic E-state index is 0.0351. The molecule has 0 radical (unpaired) electrons. The van der Waals surface area contributed by atoms with Crippen LogP contribution in [0.5, 0.6) is 0 Å². The quantitative estimate of drug-likeness (QED) is 0.843. The molecule has 2 rings (SSSR count). The maximum Gasteiger partial charge on any atom is 0.337 e. The van der Waals surface area contributed by atoms with E-state index >= 15 is 0 Å². The van der Waals surface area contributed by atoms with Gasteiger partial charge in [-0.05, 0) is 18.6 Å². The molecule has 20 heavy (non-hydrogen) atoms. The standard InChI is InChI=1S/C14H16N2O4/c1-3-5-11-15-10-7-4-6-9(14(18)19)13(10)16(11)8-12(17)20-2/h4,6-7H,3,5,8H2,1-2H3,(H,18,19). The van der Waals surface area contributed by atoms with Gasteiger partial charge in [-0.3, -0.25) is 4.79 Å². The van der Waals surface area contributed by atoms with Crippen molar-refractivity contribution in [1.29, 1.82) is 0 Å². The summed E-state index contributed by atoms with van der Waals surface area (Å²) in [7, 11) is 1.30. The van der Waals surface area contributed by atoms with E-state index in [9.17, 15) is 14.7 Å². The molecule has 6 heteroatoms. The third kappa shape index (κ3) is 2.49. The fraction of sp³-hybridized carbons (Fsp3) is 0.357. The van der Waals surface area contributed by atoms with Gasteiger partial charge in [0.2, 0.25) is 0 Å². The summed E-state index contributed by atoms with van der Waals surface area (Å²) in [5.41, 5.74) is 1.19. The zero-order valence-electron chi connectivity index (χ0n) is 11.4. The van der Waals surface area contributed by atoms with E-state index in [0.717, 1.165) is 6.42 Å². The first-order chi connectivity index (χ1) is 9.58. The van der Waals surface area contributed by atoms with Gasteiger partial charge in [0.25, 0.3) is 0 Å². The van der Waals surface area contributed by atoms with Crippen LogP contribution in [0.4, 0.5) is 0 Å². The summed E-state index contributed by atoms with van der Waals surface area (Å²) in [4.78, 5) is 27.3. The molecule has 0 aliphatic heterocycles. The molecule has 1 aromatic carbocycles. The number of nitrogens with zero attached hydrogens (tertiary/aromatic N) is 2. The lowest BCUT2D eigenvalue weighted by Gasteiger charge is -2.08. The van der Waals surface area contributed by atoms with Crippen LogP contribution in [0.25, 0.3) is 11.0 Å². The molecule has 0 aliphatic carbocycles. The van der Waals surface area contributed by atoms with Crippen molar-refractivity contribution in [2.75, 3.05) is 7.11 Å². The SMILES string of the molecule is CCCc1nc2cccc(C(=O)O)c2n1CC(=O)OC. The number of imidazole rings is 1. The van der Waals surface area contributed by atoms with Gasteiger partial charge < -0.3 is 14.4 Å². The third-order valence-electron chi connectivity index (χ3n) is 3.06. The largest absolute Gasteiger partial charge is 0.478 e. The van der Waals surface area contributed by atoms with E-state index in [2.05, 4.69) is 9.72 Å². The number of carboxylic acid groups (broad SMARTS) is 1. The lowest BCUT2D eigenvalue weighted by molar-refractivity contribution is -0.141.